The van der Waals surface area contributed by atoms with Crippen molar-refractivity contribution in [2.75, 3.05) is 26.2 Å². The Morgan fingerprint density at radius 2 is 2.10 bits per heavy atom. The summed E-state index contributed by atoms with van der Waals surface area (Å²) in [5.74, 6) is 0.887. The zero-order valence-corrected chi connectivity index (χ0v) is 14.6. The molecule has 1 aliphatic heterocycles. The molecule has 0 aliphatic carbocycles. The van der Waals surface area contributed by atoms with Crippen LogP contribution in [-0.4, -0.2) is 37.0 Å². The monoisotopic (exact) mass is 352 g/mol. The van der Waals surface area contributed by atoms with E-state index >= 15 is 0 Å². The van der Waals surface area contributed by atoms with Crippen LogP contribution in [0.2, 0.25) is 0 Å². The lowest BCUT2D eigenvalue weighted by Gasteiger charge is -2.30. The number of hydrogen-bond donors (Lipinski definition) is 1. The van der Waals surface area contributed by atoms with Crippen LogP contribution < -0.4 is 5.32 Å². The lowest BCUT2D eigenvalue weighted by Crippen LogP contribution is -2.35. The highest BCUT2D eigenvalue weighted by atomic mass is 79.9. The fourth-order valence-electron chi connectivity index (χ4n) is 2.71. The van der Waals surface area contributed by atoms with Crippen molar-refractivity contribution in [1.82, 2.24) is 10.2 Å². The number of halogens is 1. The van der Waals surface area contributed by atoms with Crippen LogP contribution in [0.5, 0.6) is 0 Å². The molecule has 1 fully saturated rings. The highest BCUT2D eigenvalue weighted by Crippen LogP contribution is 2.20. The quantitative estimate of drug-likeness (QED) is 0.821. The average Bonchev–Trinajstić information content (AvgIpc) is 2.48. The highest BCUT2D eigenvalue weighted by molar-refractivity contribution is 9.10. The molecule has 1 aliphatic rings. The van der Waals surface area contributed by atoms with Gasteiger partial charge in [-0.2, -0.15) is 0 Å². The van der Waals surface area contributed by atoms with Gasteiger partial charge < -0.3 is 10.2 Å². The van der Waals surface area contributed by atoms with E-state index in [1.54, 1.807) is 0 Å². The molecule has 116 valence electrons. The third kappa shape index (κ3) is 4.82. The molecule has 21 heavy (non-hydrogen) atoms. The summed E-state index contributed by atoms with van der Waals surface area (Å²) in [7, 11) is 0. The van der Waals surface area contributed by atoms with Crippen LogP contribution in [0.4, 0.5) is 0 Å². The first-order valence-corrected chi connectivity index (χ1v) is 8.63. The second kappa shape index (κ2) is 7.95. The van der Waals surface area contributed by atoms with Gasteiger partial charge in [-0.05, 0) is 79.3 Å². The van der Waals surface area contributed by atoms with Gasteiger partial charge in [-0.15, -0.1) is 0 Å². The van der Waals surface area contributed by atoms with Crippen LogP contribution in [0.15, 0.2) is 22.7 Å². The molecule has 3 nitrogen and oxygen atoms in total. The SMILES string of the molecule is Cc1cccc(C(=O)NCCCN2CCC(C)CC2)c1Br. The third-order valence-corrected chi connectivity index (χ3v) is 5.30. The van der Waals surface area contributed by atoms with Crippen molar-refractivity contribution in [2.24, 2.45) is 5.92 Å². The molecule has 4 heteroatoms. The molecule has 0 aromatic heterocycles. The predicted octanol–water partition coefficient (Wildman–Crippen LogP) is 3.61. The molecule has 0 radical (unpaired) electrons. The summed E-state index contributed by atoms with van der Waals surface area (Å²) < 4.78 is 0.896. The van der Waals surface area contributed by atoms with Crippen LogP contribution in [0.25, 0.3) is 0 Å². The minimum atomic E-state index is 0.0119. The summed E-state index contributed by atoms with van der Waals surface area (Å²) in [6.45, 7) is 8.57. The number of amides is 1. The number of piperidine rings is 1. The molecular weight excluding hydrogens is 328 g/mol. The molecule has 1 amide bonds. The molecule has 1 heterocycles. The number of nitrogens with one attached hydrogen (secondary N) is 1. The largest absolute Gasteiger partial charge is 0.352 e. The molecule has 2 rings (SSSR count). The van der Waals surface area contributed by atoms with Crippen LogP contribution in [-0.2, 0) is 0 Å². The van der Waals surface area contributed by atoms with Gasteiger partial charge in [0, 0.05) is 11.0 Å². The molecule has 1 saturated heterocycles. The minimum absolute atomic E-state index is 0.0119. The molecule has 1 aromatic rings. The van der Waals surface area contributed by atoms with Crippen molar-refractivity contribution in [3.8, 4) is 0 Å². The zero-order chi connectivity index (χ0) is 15.2. The Bertz CT molecular complexity index is 482. The number of carbonyl (C=O) groups excluding carboxylic acids is 1. The van der Waals surface area contributed by atoms with Crippen LogP contribution in [0, 0.1) is 12.8 Å². The van der Waals surface area contributed by atoms with E-state index in [0.717, 1.165) is 41.0 Å². The van der Waals surface area contributed by atoms with Gasteiger partial charge in [0.05, 0.1) is 5.56 Å². The van der Waals surface area contributed by atoms with Crippen molar-refractivity contribution in [2.45, 2.75) is 33.1 Å². The van der Waals surface area contributed by atoms with E-state index in [2.05, 4.69) is 33.1 Å². The summed E-state index contributed by atoms with van der Waals surface area (Å²) >= 11 is 3.49. The van der Waals surface area contributed by atoms with Gasteiger partial charge in [0.25, 0.3) is 5.91 Å². The Kier molecular flexibility index (Phi) is 6.24. The number of benzene rings is 1. The Balaban J connectivity index is 1.71. The van der Waals surface area contributed by atoms with Crippen molar-refractivity contribution >= 4 is 21.8 Å². The van der Waals surface area contributed by atoms with E-state index in [4.69, 9.17) is 0 Å². The summed E-state index contributed by atoms with van der Waals surface area (Å²) in [6.07, 6.45) is 3.63. The minimum Gasteiger partial charge on any atom is -0.352 e. The van der Waals surface area contributed by atoms with E-state index in [0.29, 0.717) is 0 Å². The Labute approximate surface area is 136 Å². The van der Waals surface area contributed by atoms with Gasteiger partial charge in [0.15, 0.2) is 0 Å². The second-order valence-electron chi connectivity index (χ2n) is 6.07. The second-order valence-corrected chi connectivity index (χ2v) is 6.86. The van der Waals surface area contributed by atoms with Crippen molar-refractivity contribution in [3.63, 3.8) is 0 Å². The molecule has 0 bridgehead atoms. The maximum atomic E-state index is 12.2. The molecule has 0 atom stereocenters. The lowest BCUT2D eigenvalue weighted by molar-refractivity contribution is 0.0949. The molecule has 1 aromatic carbocycles. The van der Waals surface area contributed by atoms with Gasteiger partial charge >= 0.3 is 0 Å². The van der Waals surface area contributed by atoms with Gasteiger partial charge in [-0.1, -0.05) is 19.1 Å². The van der Waals surface area contributed by atoms with Crippen molar-refractivity contribution < 1.29 is 4.79 Å². The van der Waals surface area contributed by atoms with Crippen LogP contribution in [0.1, 0.15) is 42.1 Å². The van der Waals surface area contributed by atoms with Gasteiger partial charge in [0.2, 0.25) is 0 Å². The van der Waals surface area contributed by atoms with Gasteiger partial charge in [-0.3, -0.25) is 4.79 Å². The number of carbonyl (C=O) groups is 1. The third-order valence-electron chi connectivity index (χ3n) is 4.25. The number of likely N-dealkylation sites (tertiary alicyclic amines) is 1. The van der Waals surface area contributed by atoms with E-state index in [1.807, 2.05) is 25.1 Å². The number of rotatable bonds is 5. The van der Waals surface area contributed by atoms with Crippen LogP contribution >= 0.6 is 15.9 Å². The van der Waals surface area contributed by atoms with E-state index in [1.165, 1.54) is 25.9 Å². The Hall–Kier alpha value is -0.870. The van der Waals surface area contributed by atoms with Crippen LogP contribution in [0.3, 0.4) is 0 Å². The fraction of sp³-hybridized carbons (Fsp3) is 0.588. The predicted molar refractivity (Wildman–Crippen MR) is 90.7 cm³/mol. The zero-order valence-electron chi connectivity index (χ0n) is 13.0. The van der Waals surface area contributed by atoms with Gasteiger partial charge in [-0.25, -0.2) is 0 Å². The van der Waals surface area contributed by atoms with E-state index < -0.39 is 0 Å². The van der Waals surface area contributed by atoms with Gasteiger partial charge in [0.1, 0.15) is 0 Å². The normalized spacial score (nSPS) is 16.9. The van der Waals surface area contributed by atoms with Crippen molar-refractivity contribution in [3.05, 3.63) is 33.8 Å². The first-order valence-electron chi connectivity index (χ1n) is 7.83. The highest BCUT2D eigenvalue weighted by Gasteiger charge is 2.15. The summed E-state index contributed by atoms with van der Waals surface area (Å²) in [4.78, 5) is 14.7. The first kappa shape index (κ1) is 16.5. The molecule has 1 N–H and O–H groups in total. The van der Waals surface area contributed by atoms with E-state index in [-0.39, 0.29) is 5.91 Å². The number of nitrogens with zero attached hydrogens (tertiary/aromatic N) is 1. The maximum Gasteiger partial charge on any atom is 0.252 e. The maximum absolute atomic E-state index is 12.2. The lowest BCUT2D eigenvalue weighted by atomic mass is 9.99. The molecule has 0 spiro atoms. The molecule has 0 unspecified atom stereocenters. The molecule has 0 saturated carbocycles. The summed E-state index contributed by atoms with van der Waals surface area (Å²) in [6, 6.07) is 5.78. The smallest absolute Gasteiger partial charge is 0.252 e. The summed E-state index contributed by atoms with van der Waals surface area (Å²) in [5.41, 5.74) is 1.81. The van der Waals surface area contributed by atoms with E-state index in [9.17, 15) is 4.79 Å². The van der Waals surface area contributed by atoms with Crippen molar-refractivity contribution in [1.29, 1.82) is 0 Å². The topological polar surface area (TPSA) is 32.3 Å². The number of aryl methyl sites for hydroxylation is 1. The molecular formula is C17H25BrN2O. The number of hydrogen-bond acceptors (Lipinski definition) is 2. The Morgan fingerprint density at radius 3 is 2.81 bits per heavy atom. The first-order chi connectivity index (χ1) is 10.1. The average molecular weight is 353 g/mol. The summed E-state index contributed by atoms with van der Waals surface area (Å²) in [5, 5.41) is 3.02. The Morgan fingerprint density at radius 1 is 1.38 bits per heavy atom. The fourth-order valence-corrected chi connectivity index (χ4v) is 3.15. The standard InChI is InChI=1S/C17H25BrN2O/c1-13-7-11-20(12-8-13)10-4-9-19-17(21)15-6-3-5-14(2)16(15)18/h3,5-6,13H,4,7-12H2,1-2H3,(H,19,21).